The van der Waals surface area contributed by atoms with Gasteiger partial charge in [-0.05, 0) is 57.8 Å². The third kappa shape index (κ3) is 2.54. The van der Waals surface area contributed by atoms with Crippen LogP contribution in [0.1, 0.15) is 39.0 Å². The van der Waals surface area contributed by atoms with Crippen LogP contribution in [0, 0.1) is 18.3 Å². The SMILES string of the molecule is Cc1c(B2OC(C)(C)C(C)(C)O2)cc(C#N)nc1-n1cccn1. The van der Waals surface area contributed by atoms with Gasteiger partial charge >= 0.3 is 7.12 Å². The standard InChI is InChI=1S/C16H19BN4O2/c1-11-13(17-22-15(2,3)16(4,5)23-17)9-12(10-18)20-14(11)21-8-6-7-19-21/h6-9H,1-5H3. The zero-order valence-electron chi connectivity index (χ0n) is 14.0. The number of nitriles is 1. The molecule has 3 rings (SSSR count). The Hall–Kier alpha value is -2.17. The Morgan fingerprint density at radius 1 is 1.22 bits per heavy atom. The van der Waals surface area contributed by atoms with Crippen molar-refractivity contribution in [3.05, 3.63) is 35.8 Å². The van der Waals surface area contributed by atoms with Gasteiger partial charge in [-0.25, -0.2) is 9.67 Å². The van der Waals surface area contributed by atoms with E-state index in [0.717, 1.165) is 11.0 Å². The van der Waals surface area contributed by atoms with Crippen LogP contribution in [0.15, 0.2) is 24.5 Å². The summed E-state index contributed by atoms with van der Waals surface area (Å²) in [5.74, 6) is 0.610. The van der Waals surface area contributed by atoms with Gasteiger partial charge in [-0.3, -0.25) is 0 Å². The zero-order chi connectivity index (χ0) is 16.8. The molecule has 0 atom stereocenters. The molecule has 0 unspecified atom stereocenters. The van der Waals surface area contributed by atoms with Gasteiger partial charge in [0.1, 0.15) is 11.8 Å². The van der Waals surface area contributed by atoms with Gasteiger partial charge in [0.25, 0.3) is 0 Å². The molecule has 0 saturated carbocycles. The maximum Gasteiger partial charge on any atom is 0.495 e. The summed E-state index contributed by atoms with van der Waals surface area (Å²) in [6.45, 7) is 9.95. The number of hydrogen-bond acceptors (Lipinski definition) is 5. The number of aromatic nitrogens is 3. The molecule has 23 heavy (non-hydrogen) atoms. The van der Waals surface area contributed by atoms with Crippen molar-refractivity contribution in [1.82, 2.24) is 14.8 Å². The molecule has 3 heterocycles. The van der Waals surface area contributed by atoms with Crippen molar-refractivity contribution >= 4 is 12.6 Å². The lowest BCUT2D eigenvalue weighted by Gasteiger charge is -2.32. The topological polar surface area (TPSA) is 73.0 Å². The predicted molar refractivity (Wildman–Crippen MR) is 86.5 cm³/mol. The van der Waals surface area contributed by atoms with Crippen molar-refractivity contribution in [3.8, 4) is 11.9 Å². The number of pyridine rings is 1. The molecule has 2 aromatic heterocycles. The number of hydrogen-bond donors (Lipinski definition) is 0. The Labute approximate surface area is 136 Å². The van der Waals surface area contributed by atoms with E-state index in [1.807, 2.05) is 40.7 Å². The highest BCUT2D eigenvalue weighted by Gasteiger charge is 2.52. The molecular formula is C16H19BN4O2. The van der Waals surface area contributed by atoms with Gasteiger partial charge < -0.3 is 9.31 Å². The van der Waals surface area contributed by atoms with E-state index in [-0.39, 0.29) is 0 Å². The minimum absolute atomic E-state index is 0.311. The molecule has 2 aromatic rings. The van der Waals surface area contributed by atoms with Gasteiger partial charge in [-0.15, -0.1) is 0 Å². The monoisotopic (exact) mass is 310 g/mol. The van der Waals surface area contributed by atoms with Gasteiger partial charge in [0.05, 0.1) is 11.2 Å². The van der Waals surface area contributed by atoms with Crippen molar-refractivity contribution in [2.75, 3.05) is 0 Å². The Bertz CT molecular complexity index is 762. The van der Waals surface area contributed by atoms with E-state index in [0.29, 0.717) is 11.5 Å². The Balaban J connectivity index is 2.11. The van der Waals surface area contributed by atoms with Crippen molar-refractivity contribution in [2.45, 2.75) is 45.8 Å². The Kier molecular flexibility index (Phi) is 3.54. The molecule has 1 saturated heterocycles. The maximum absolute atomic E-state index is 9.30. The summed E-state index contributed by atoms with van der Waals surface area (Å²) in [5.41, 5.74) is 1.12. The van der Waals surface area contributed by atoms with Crippen LogP contribution in [-0.4, -0.2) is 33.1 Å². The predicted octanol–water partition coefficient (Wildman–Crippen LogP) is 1.75. The second kappa shape index (κ2) is 5.19. The van der Waals surface area contributed by atoms with E-state index in [2.05, 4.69) is 16.2 Å². The van der Waals surface area contributed by atoms with Gasteiger partial charge in [-0.2, -0.15) is 10.4 Å². The first-order valence-corrected chi connectivity index (χ1v) is 7.52. The molecule has 0 aromatic carbocycles. The number of rotatable bonds is 2. The summed E-state index contributed by atoms with van der Waals surface area (Å²) in [6, 6.07) is 5.64. The molecular weight excluding hydrogens is 291 g/mol. The molecule has 118 valence electrons. The lowest BCUT2D eigenvalue weighted by Crippen LogP contribution is -2.41. The average molecular weight is 310 g/mol. The normalized spacial score (nSPS) is 18.9. The van der Waals surface area contributed by atoms with Crippen LogP contribution in [0.25, 0.3) is 5.82 Å². The van der Waals surface area contributed by atoms with Crippen molar-refractivity contribution in [3.63, 3.8) is 0 Å². The van der Waals surface area contributed by atoms with Crippen molar-refractivity contribution < 1.29 is 9.31 Å². The van der Waals surface area contributed by atoms with E-state index in [9.17, 15) is 5.26 Å². The molecule has 0 spiro atoms. The molecule has 0 N–H and O–H groups in total. The van der Waals surface area contributed by atoms with Gasteiger partial charge in [0.2, 0.25) is 0 Å². The molecule has 6 nitrogen and oxygen atoms in total. The van der Waals surface area contributed by atoms with E-state index < -0.39 is 18.3 Å². The minimum Gasteiger partial charge on any atom is -0.399 e. The first-order valence-electron chi connectivity index (χ1n) is 7.52. The van der Waals surface area contributed by atoms with E-state index >= 15 is 0 Å². The maximum atomic E-state index is 9.30. The highest BCUT2D eigenvalue weighted by Crippen LogP contribution is 2.36. The van der Waals surface area contributed by atoms with Crippen LogP contribution in [0.5, 0.6) is 0 Å². The number of nitrogens with zero attached hydrogens (tertiary/aromatic N) is 4. The third-order valence-electron chi connectivity index (χ3n) is 4.63. The van der Waals surface area contributed by atoms with Crippen LogP contribution in [-0.2, 0) is 9.31 Å². The highest BCUT2D eigenvalue weighted by molar-refractivity contribution is 6.62. The van der Waals surface area contributed by atoms with Crippen LogP contribution in [0.3, 0.4) is 0 Å². The zero-order valence-corrected chi connectivity index (χ0v) is 14.0. The van der Waals surface area contributed by atoms with Crippen LogP contribution in [0.2, 0.25) is 0 Å². The lowest BCUT2D eigenvalue weighted by atomic mass is 9.76. The summed E-state index contributed by atoms with van der Waals surface area (Å²) in [6.07, 6.45) is 3.47. The fraction of sp³-hybridized carbons (Fsp3) is 0.438. The van der Waals surface area contributed by atoms with Gasteiger partial charge in [0, 0.05) is 12.4 Å². The van der Waals surface area contributed by atoms with Crippen LogP contribution < -0.4 is 5.46 Å². The molecule has 7 heteroatoms. The van der Waals surface area contributed by atoms with Gasteiger partial charge in [-0.1, -0.05) is 0 Å². The molecule has 1 aliphatic rings. The highest BCUT2D eigenvalue weighted by atomic mass is 16.7. The summed E-state index contributed by atoms with van der Waals surface area (Å²) in [5, 5.41) is 13.5. The van der Waals surface area contributed by atoms with Crippen LogP contribution in [0.4, 0.5) is 0 Å². The summed E-state index contributed by atoms with van der Waals surface area (Å²) < 4.78 is 13.9. The molecule has 0 aliphatic carbocycles. The third-order valence-corrected chi connectivity index (χ3v) is 4.63. The summed E-state index contributed by atoms with van der Waals surface area (Å²) >= 11 is 0. The Morgan fingerprint density at radius 3 is 2.39 bits per heavy atom. The largest absolute Gasteiger partial charge is 0.495 e. The summed E-state index contributed by atoms with van der Waals surface area (Å²) in [7, 11) is -0.538. The average Bonchev–Trinajstić information content (AvgIpc) is 3.06. The molecule has 0 amide bonds. The first-order chi connectivity index (χ1) is 10.7. The van der Waals surface area contributed by atoms with E-state index in [1.54, 1.807) is 23.1 Å². The fourth-order valence-corrected chi connectivity index (χ4v) is 2.50. The summed E-state index contributed by atoms with van der Waals surface area (Å²) in [4.78, 5) is 4.37. The van der Waals surface area contributed by atoms with Crippen LogP contribution >= 0.6 is 0 Å². The molecule has 0 radical (unpaired) electrons. The Morgan fingerprint density at radius 2 is 1.87 bits per heavy atom. The molecule has 0 bridgehead atoms. The van der Waals surface area contributed by atoms with E-state index in [4.69, 9.17) is 9.31 Å². The van der Waals surface area contributed by atoms with Crippen molar-refractivity contribution in [1.29, 1.82) is 5.26 Å². The van der Waals surface area contributed by atoms with E-state index in [1.165, 1.54) is 0 Å². The molecule has 1 aliphatic heterocycles. The lowest BCUT2D eigenvalue weighted by molar-refractivity contribution is 0.00578. The smallest absolute Gasteiger partial charge is 0.399 e. The van der Waals surface area contributed by atoms with Crippen molar-refractivity contribution in [2.24, 2.45) is 0 Å². The molecule has 1 fully saturated rings. The quantitative estimate of drug-likeness (QED) is 0.790. The second-order valence-corrected chi connectivity index (χ2v) is 6.70. The first kappa shape index (κ1) is 15.7. The van der Waals surface area contributed by atoms with Gasteiger partial charge in [0.15, 0.2) is 5.82 Å². The minimum atomic E-state index is -0.538. The fourth-order valence-electron chi connectivity index (χ4n) is 2.50. The second-order valence-electron chi connectivity index (χ2n) is 6.70.